The number of nitrogens with zero attached hydrogens (tertiary/aromatic N) is 4. The zero-order chi connectivity index (χ0) is 112. The molecule has 0 aliphatic carbocycles. The highest BCUT2D eigenvalue weighted by Crippen LogP contribution is 2.26. The number of imidazole rings is 1. The quantitative estimate of drug-likeness (QED) is 0.0168. The maximum atomic E-state index is 14.9. The van der Waals surface area contributed by atoms with Crippen molar-refractivity contribution < 1.29 is 121 Å². The Morgan fingerprint density at radius 3 is 1.29 bits per heavy atom. The number of carboxylic acid groups (broad SMARTS) is 2. The van der Waals surface area contributed by atoms with Crippen molar-refractivity contribution in [3.8, 4) is 0 Å². The van der Waals surface area contributed by atoms with Crippen LogP contribution in [0.25, 0.3) is 0 Å². The molecule has 3 saturated heterocycles. The minimum atomic E-state index is -1.81. The molecule has 0 spiro atoms. The third kappa shape index (κ3) is 41.0. The molecule has 51 heteroatoms. The van der Waals surface area contributed by atoms with E-state index in [4.69, 9.17) is 22.6 Å². The molecule has 5 rings (SSSR count). The van der Waals surface area contributed by atoms with Crippen molar-refractivity contribution in [2.24, 2.45) is 58.6 Å². The lowest BCUT2D eigenvalue weighted by Gasteiger charge is -2.32. The molecule has 0 radical (unpaired) electrons. The minimum Gasteiger partial charge on any atom is -0.481 e. The smallest absolute Gasteiger partial charge is 0.322 e. The second kappa shape index (κ2) is 63.4. The Bertz CT molecular complexity index is 4890. The Balaban J connectivity index is 1.28. The fourth-order valence-corrected chi connectivity index (χ4v) is 17.4. The van der Waals surface area contributed by atoms with Gasteiger partial charge in [0.05, 0.1) is 43.9 Å². The maximum absolute atomic E-state index is 14.9. The molecule has 0 bridgehead atoms. The van der Waals surface area contributed by atoms with Gasteiger partial charge in [0.1, 0.15) is 103 Å². The molecule has 51 nitrogen and oxygen atoms in total. The van der Waals surface area contributed by atoms with Crippen LogP contribution in [-0.2, 0) is 114 Å². The van der Waals surface area contributed by atoms with Crippen LogP contribution in [0.1, 0.15) is 224 Å². The van der Waals surface area contributed by atoms with E-state index in [1.54, 1.807) is 127 Å². The summed E-state index contributed by atoms with van der Waals surface area (Å²) in [7, 11) is 0. The van der Waals surface area contributed by atoms with Crippen molar-refractivity contribution in [2.45, 2.75) is 335 Å². The lowest BCUT2D eigenvalue weighted by Crippen LogP contribution is -2.62. The SMILES string of the molecule is CC[C@H](C)[C@H](NC(=O)CNC(=O)[C@@H]1CCCN1C(=O)[C@@H](NC(=O)[C@H](CCCCN)NC(=O)[C@H](CCC(=O)O)NC(=O)[C@H](CC(C)C)NC(=O)CNC(=O)[C@H](Cc1c[nH]cn1)NC(=O)[C@@H]1CCCN1C(=O)[C@@H](NC(=O)[C@@H](N)C(C)C)[C@@H](C)O)C(C)C)C(=O)N[C@@H](Cc1ccccc1)C(=O)N[C@H](C(=O)N[C@@H](CO)C(=O)N[C@@H](CCCNC(=N)N)C(=O)N[C@@H](CC(C)C)C(=O)N[C@H](C(=O)N1CCC[C@H]1C(=O)NCC(=O)O)C(C)C)[C@@H](C)CC. The summed E-state index contributed by atoms with van der Waals surface area (Å²) in [5.74, 6) is -22.9. The average Bonchev–Trinajstić information content (AvgIpc) is 1.66. The highest BCUT2D eigenvalue weighted by molar-refractivity contribution is 6.02. The topological polar surface area (TPSA) is 784 Å². The number of hydrogen-bond donors (Lipinski definition) is 26. The number of nitrogens with two attached hydrogens (primary N) is 3. The number of aliphatic carboxylic acids is 2. The number of aliphatic hydroxyl groups excluding tert-OH is 2. The monoisotopic (exact) mass is 2120 g/mol. The third-order valence-corrected chi connectivity index (χ3v) is 26.4. The Morgan fingerprint density at radius 2 is 0.833 bits per heavy atom. The van der Waals surface area contributed by atoms with Gasteiger partial charge < -0.3 is 148 Å². The van der Waals surface area contributed by atoms with Gasteiger partial charge in [0.25, 0.3) is 0 Å². The molecule has 3 fully saturated rings. The Labute approximate surface area is 874 Å². The van der Waals surface area contributed by atoms with Crippen LogP contribution in [0.4, 0.5) is 0 Å². The van der Waals surface area contributed by atoms with Gasteiger partial charge in [0.2, 0.25) is 112 Å². The highest BCUT2D eigenvalue weighted by Gasteiger charge is 2.47. The summed E-state index contributed by atoms with van der Waals surface area (Å²) in [5.41, 5.74) is 18.3. The first-order valence-corrected chi connectivity index (χ1v) is 51.7. The molecule has 4 heterocycles. The summed E-state index contributed by atoms with van der Waals surface area (Å²) < 4.78 is 0. The fourth-order valence-electron chi connectivity index (χ4n) is 17.4. The van der Waals surface area contributed by atoms with E-state index in [0.29, 0.717) is 30.5 Å². The van der Waals surface area contributed by atoms with E-state index >= 15 is 0 Å². The number of likely N-dealkylation sites (tertiary alicyclic amines) is 3. The Hall–Kier alpha value is -13.6. The number of H-pyrrole nitrogens is 1. The van der Waals surface area contributed by atoms with Crippen LogP contribution < -0.4 is 108 Å². The minimum absolute atomic E-state index is 0.000369. The van der Waals surface area contributed by atoms with E-state index in [9.17, 15) is 121 Å². The standard InChI is InChI=1S/C99H162N26O25/c1-16-56(13)79(94(146)116-66(43-59-27-19-18-20-28-59)88(140)121-80(57(14)17-2)95(147)117-68(49-126)89(141)112-62(30-23-37-105-99(102)103)83(135)114-65(42-52(5)6)87(139)120-78(55(11)12)97(149)124-39-25-32-70(124)91(143)108-48-75(132)133)118-73(129)47-107-90(142)69-31-24-38-123(69)96(148)77(54(9)10)119-85(137)61(29-21-22-36-100)111-84(136)63(34-35-74(130)131)113-86(138)64(41-51(3)4)110-72(128)46-106-82(134)67(44-60-45-104-50-109-60)115-92(144)71-33-26-40-125(71)98(150)81(58(15)127)122-93(145)76(101)53(7)8/h18-20,27-28,45,50-58,61-71,76-81,126-127H,16-17,21-26,29-44,46-49,100-101H2,1-15H3,(H,104,109)(H,106,134)(H,107,142)(H,108,143)(H,110,128)(H,111,136)(H,112,141)(H,113,138)(H,114,135)(H,115,144)(H,116,146)(H,117,147)(H,118,129)(H,119,137)(H,120,139)(H,121,140)(H,122,145)(H,130,131)(H,132,133)(H4,102,103,105)/t56-,57-,58+,61-,62-,63-,64-,65-,66-,67-,68-,69-,70-,71-,76-,77-,78-,79-,80-,81-/m0/s1. The fraction of sp³-hybridized carbons (Fsp3) is 0.687. The lowest BCUT2D eigenvalue weighted by atomic mass is 9.95. The van der Waals surface area contributed by atoms with Gasteiger partial charge in [-0.25, -0.2) is 4.98 Å². The van der Waals surface area contributed by atoms with Gasteiger partial charge in [0, 0.05) is 51.6 Å². The molecule has 19 amide bonds. The molecule has 3 aliphatic rings. The van der Waals surface area contributed by atoms with E-state index in [2.05, 4.69) is 100 Å². The number of hydrogen-bond acceptors (Lipinski definition) is 27. The highest BCUT2D eigenvalue weighted by atomic mass is 16.4. The van der Waals surface area contributed by atoms with E-state index in [1.165, 1.54) is 34.1 Å². The molecular formula is C99H162N26O25. The molecule has 838 valence electrons. The van der Waals surface area contributed by atoms with E-state index in [1.807, 2.05) is 0 Å². The predicted octanol–water partition coefficient (Wildman–Crippen LogP) is -4.99. The molecule has 0 unspecified atom stereocenters. The number of benzene rings is 1. The molecule has 0 saturated carbocycles. The second-order valence-electron chi connectivity index (χ2n) is 40.5. The first-order chi connectivity index (χ1) is 70.8. The Kier molecular flexibility index (Phi) is 53.6. The van der Waals surface area contributed by atoms with Crippen molar-refractivity contribution in [1.82, 2.24) is 115 Å². The normalized spacial score (nSPS) is 17.8. The first-order valence-electron chi connectivity index (χ1n) is 51.7. The number of carboxylic acids is 2. The van der Waals surface area contributed by atoms with Crippen LogP contribution in [0.2, 0.25) is 0 Å². The molecule has 150 heavy (non-hydrogen) atoms. The van der Waals surface area contributed by atoms with Gasteiger partial charge in [-0.05, 0) is 150 Å². The number of rotatable bonds is 64. The van der Waals surface area contributed by atoms with Crippen LogP contribution in [0, 0.1) is 46.8 Å². The van der Waals surface area contributed by atoms with Gasteiger partial charge >= 0.3 is 11.9 Å². The number of carbonyl (C=O) groups is 21. The summed E-state index contributed by atoms with van der Waals surface area (Å²) in [6.45, 7) is 21.9. The molecule has 1 aromatic heterocycles. The van der Waals surface area contributed by atoms with Gasteiger partial charge in [-0.2, -0.15) is 0 Å². The molecule has 3 aliphatic heterocycles. The molecular weight excluding hydrogens is 1950 g/mol. The van der Waals surface area contributed by atoms with Crippen molar-refractivity contribution in [1.29, 1.82) is 5.41 Å². The van der Waals surface area contributed by atoms with Crippen LogP contribution in [0.15, 0.2) is 42.9 Å². The summed E-state index contributed by atoms with van der Waals surface area (Å²) in [6, 6.07) is -15.2. The summed E-state index contributed by atoms with van der Waals surface area (Å²) in [4.78, 5) is 305. The number of aromatic amines is 1. The van der Waals surface area contributed by atoms with Crippen molar-refractivity contribution in [2.75, 3.05) is 59.0 Å². The van der Waals surface area contributed by atoms with Crippen LogP contribution in [-0.4, -0.2) is 343 Å². The zero-order valence-corrected chi connectivity index (χ0v) is 88.7. The van der Waals surface area contributed by atoms with Crippen LogP contribution in [0.3, 0.4) is 0 Å². The summed E-state index contributed by atoms with van der Waals surface area (Å²) in [6.07, 6.45) is 1.96. The first kappa shape index (κ1) is 127. The third-order valence-electron chi connectivity index (χ3n) is 26.4. The summed E-state index contributed by atoms with van der Waals surface area (Å²) in [5, 5.41) is 92.3. The van der Waals surface area contributed by atoms with Crippen molar-refractivity contribution in [3.05, 3.63) is 54.1 Å². The van der Waals surface area contributed by atoms with E-state index in [-0.39, 0.29) is 140 Å². The van der Waals surface area contributed by atoms with Crippen molar-refractivity contribution in [3.63, 3.8) is 0 Å². The largest absolute Gasteiger partial charge is 0.481 e. The number of guanidine groups is 1. The van der Waals surface area contributed by atoms with Gasteiger partial charge in [-0.15, -0.1) is 0 Å². The molecule has 20 atom stereocenters. The molecule has 1 aromatic carbocycles. The van der Waals surface area contributed by atoms with E-state index < -0.39 is 302 Å². The average molecular weight is 2120 g/mol. The van der Waals surface area contributed by atoms with Crippen LogP contribution >= 0.6 is 0 Å². The van der Waals surface area contributed by atoms with Gasteiger partial charge in [-0.1, -0.05) is 140 Å². The number of unbranched alkanes of at least 4 members (excludes halogenated alkanes) is 1. The van der Waals surface area contributed by atoms with Gasteiger partial charge in [-0.3, -0.25) is 106 Å². The number of aliphatic hydroxyl groups is 2. The van der Waals surface area contributed by atoms with E-state index in [0.717, 1.165) is 0 Å². The number of aromatic nitrogens is 2. The maximum Gasteiger partial charge on any atom is 0.322 e. The lowest BCUT2D eigenvalue weighted by molar-refractivity contribution is -0.144. The zero-order valence-electron chi connectivity index (χ0n) is 88.7. The van der Waals surface area contributed by atoms with Crippen molar-refractivity contribution >= 4 is 130 Å². The predicted molar refractivity (Wildman–Crippen MR) is 546 cm³/mol. The number of carbonyl (C=O) groups excluding carboxylic acids is 19. The summed E-state index contributed by atoms with van der Waals surface area (Å²) >= 11 is 0. The number of nitrogens with one attached hydrogen (secondary N) is 19. The molecule has 2 aromatic rings. The Morgan fingerprint density at radius 1 is 0.427 bits per heavy atom. The second-order valence-corrected chi connectivity index (χ2v) is 40.5. The molecule has 29 N–H and O–H groups in total. The van der Waals surface area contributed by atoms with Gasteiger partial charge in [0.15, 0.2) is 5.96 Å². The number of amides is 19. The van der Waals surface area contributed by atoms with Crippen LogP contribution in [0.5, 0.6) is 0 Å².